The number of aryl methyl sites for hydroxylation is 1. The first-order valence-corrected chi connectivity index (χ1v) is 12.9. The minimum atomic E-state index is -4.45. The number of hydrogen-bond donors (Lipinski definition) is 1. The molecule has 1 unspecified atom stereocenters. The van der Waals surface area contributed by atoms with E-state index in [0.29, 0.717) is 58.0 Å². The van der Waals surface area contributed by atoms with Gasteiger partial charge in [-0.05, 0) is 56.6 Å². The van der Waals surface area contributed by atoms with E-state index in [-0.39, 0.29) is 24.2 Å². The van der Waals surface area contributed by atoms with E-state index in [1.807, 2.05) is 6.20 Å². The van der Waals surface area contributed by atoms with Crippen molar-refractivity contribution in [2.45, 2.75) is 82.3 Å². The summed E-state index contributed by atoms with van der Waals surface area (Å²) in [6, 6.07) is 3.26. The lowest BCUT2D eigenvalue weighted by molar-refractivity contribution is -0.190. The summed E-state index contributed by atoms with van der Waals surface area (Å²) in [6.07, 6.45) is 1.15. The number of pyridine rings is 1. The van der Waals surface area contributed by atoms with Gasteiger partial charge in [0, 0.05) is 57.1 Å². The van der Waals surface area contributed by atoms with Crippen LogP contribution in [0.3, 0.4) is 0 Å². The van der Waals surface area contributed by atoms with Gasteiger partial charge in [-0.3, -0.25) is 9.48 Å². The van der Waals surface area contributed by atoms with Crippen molar-refractivity contribution in [2.75, 3.05) is 19.6 Å². The standard InChI is InChI=1S/C26H35F4N5O2/c1-18(26(28,29)30)37-24-4-3-20-7-12-35(13-8-22(20)33-24)14-11-25(27)9-5-21(6-10-25)32-23(36)15-19-16-31-34(2)17-19/h3-4,16-18,21H,5-15H2,1-2H3,(H,32,36). The number of halogens is 4. The van der Waals surface area contributed by atoms with Gasteiger partial charge >= 0.3 is 6.18 Å². The normalized spacial score (nSPS) is 23.7. The van der Waals surface area contributed by atoms with Crippen LogP contribution in [0.5, 0.6) is 5.88 Å². The van der Waals surface area contributed by atoms with E-state index in [4.69, 9.17) is 4.74 Å². The van der Waals surface area contributed by atoms with E-state index in [0.717, 1.165) is 30.3 Å². The summed E-state index contributed by atoms with van der Waals surface area (Å²) >= 11 is 0. The first-order chi connectivity index (χ1) is 17.5. The van der Waals surface area contributed by atoms with Crippen molar-refractivity contribution in [3.05, 3.63) is 41.3 Å². The summed E-state index contributed by atoms with van der Waals surface area (Å²) in [5.41, 5.74) is 1.33. The van der Waals surface area contributed by atoms with E-state index >= 15 is 4.39 Å². The summed E-state index contributed by atoms with van der Waals surface area (Å²) in [5.74, 6) is -0.0902. The maximum atomic E-state index is 15.6. The van der Waals surface area contributed by atoms with Crippen LogP contribution in [-0.2, 0) is 31.1 Å². The zero-order valence-electron chi connectivity index (χ0n) is 21.4. The first-order valence-electron chi connectivity index (χ1n) is 12.9. The topological polar surface area (TPSA) is 72.3 Å². The van der Waals surface area contributed by atoms with E-state index in [1.165, 1.54) is 6.07 Å². The van der Waals surface area contributed by atoms with Crippen LogP contribution >= 0.6 is 0 Å². The Hall–Kier alpha value is -2.69. The third-order valence-corrected chi connectivity index (χ3v) is 7.41. The highest BCUT2D eigenvalue weighted by molar-refractivity contribution is 5.78. The second kappa shape index (κ2) is 11.4. The quantitative estimate of drug-likeness (QED) is 0.529. The summed E-state index contributed by atoms with van der Waals surface area (Å²) < 4.78 is 60.6. The molecule has 204 valence electrons. The molecule has 1 N–H and O–H groups in total. The van der Waals surface area contributed by atoms with E-state index in [2.05, 4.69) is 20.3 Å². The van der Waals surface area contributed by atoms with E-state index < -0.39 is 17.9 Å². The second-order valence-electron chi connectivity index (χ2n) is 10.3. The molecule has 2 aromatic rings. The predicted octanol–water partition coefficient (Wildman–Crippen LogP) is 3.95. The van der Waals surface area contributed by atoms with Crippen LogP contribution in [0, 0.1) is 0 Å². The Morgan fingerprint density at radius 3 is 2.65 bits per heavy atom. The molecule has 4 rings (SSSR count). The maximum absolute atomic E-state index is 15.6. The molecule has 0 aromatic carbocycles. The molecule has 1 saturated carbocycles. The third-order valence-electron chi connectivity index (χ3n) is 7.41. The summed E-state index contributed by atoms with van der Waals surface area (Å²) in [6.45, 7) is 2.99. The molecule has 0 spiro atoms. The van der Waals surface area contributed by atoms with Crippen LogP contribution in [-0.4, -0.2) is 69.2 Å². The van der Waals surface area contributed by atoms with Crippen LogP contribution in [0.4, 0.5) is 17.6 Å². The highest BCUT2D eigenvalue weighted by atomic mass is 19.4. The van der Waals surface area contributed by atoms with Gasteiger partial charge in [0.15, 0.2) is 6.10 Å². The van der Waals surface area contributed by atoms with Crippen LogP contribution in [0.15, 0.2) is 24.5 Å². The van der Waals surface area contributed by atoms with Crippen LogP contribution < -0.4 is 10.1 Å². The van der Waals surface area contributed by atoms with Crippen molar-refractivity contribution in [3.8, 4) is 5.88 Å². The number of hydrogen-bond acceptors (Lipinski definition) is 5. The SMILES string of the molecule is CC(Oc1ccc2c(n1)CCN(CCC1(F)CCC(NC(=O)Cc3cnn(C)c3)CC1)CC2)C(F)(F)F. The lowest BCUT2D eigenvalue weighted by Crippen LogP contribution is -2.43. The number of aromatic nitrogens is 3. The number of rotatable bonds is 8. The van der Waals surface area contributed by atoms with Crippen LogP contribution in [0.2, 0.25) is 0 Å². The molecule has 3 heterocycles. The van der Waals surface area contributed by atoms with Gasteiger partial charge in [-0.1, -0.05) is 6.07 Å². The van der Waals surface area contributed by atoms with Gasteiger partial charge < -0.3 is 15.0 Å². The Labute approximate surface area is 214 Å². The van der Waals surface area contributed by atoms with Gasteiger partial charge in [0.25, 0.3) is 0 Å². The summed E-state index contributed by atoms with van der Waals surface area (Å²) in [5, 5.41) is 7.10. The van der Waals surface area contributed by atoms with Crippen molar-refractivity contribution in [1.29, 1.82) is 0 Å². The number of carbonyl (C=O) groups excluding carboxylic acids is 1. The maximum Gasteiger partial charge on any atom is 0.425 e. The second-order valence-corrected chi connectivity index (χ2v) is 10.3. The molecule has 2 aliphatic rings. The summed E-state index contributed by atoms with van der Waals surface area (Å²) in [7, 11) is 1.80. The van der Waals surface area contributed by atoms with Gasteiger partial charge in [-0.25, -0.2) is 9.37 Å². The minimum Gasteiger partial charge on any atom is -0.465 e. The fraction of sp³-hybridized carbons (Fsp3) is 0.654. The van der Waals surface area contributed by atoms with Crippen LogP contribution in [0.1, 0.15) is 55.8 Å². The average molecular weight is 526 g/mol. The van der Waals surface area contributed by atoms with Crippen molar-refractivity contribution in [2.24, 2.45) is 7.05 Å². The lowest BCUT2D eigenvalue weighted by atomic mass is 9.81. The van der Waals surface area contributed by atoms with Gasteiger partial charge in [0.1, 0.15) is 5.67 Å². The average Bonchev–Trinajstić information content (AvgIpc) is 3.13. The van der Waals surface area contributed by atoms with Crippen molar-refractivity contribution in [1.82, 2.24) is 25.0 Å². The molecule has 11 heteroatoms. The first kappa shape index (κ1) is 27.3. The molecule has 1 atom stereocenters. The number of nitrogens with zero attached hydrogens (tertiary/aromatic N) is 4. The fourth-order valence-electron chi connectivity index (χ4n) is 5.06. The predicted molar refractivity (Wildman–Crippen MR) is 130 cm³/mol. The highest BCUT2D eigenvalue weighted by Crippen LogP contribution is 2.35. The van der Waals surface area contributed by atoms with Gasteiger partial charge in [0.2, 0.25) is 11.8 Å². The molecule has 7 nitrogen and oxygen atoms in total. The molecule has 37 heavy (non-hydrogen) atoms. The highest BCUT2D eigenvalue weighted by Gasteiger charge is 2.38. The number of ether oxygens (including phenoxy) is 1. The summed E-state index contributed by atoms with van der Waals surface area (Å²) in [4.78, 5) is 18.8. The van der Waals surface area contributed by atoms with Gasteiger partial charge in [0.05, 0.1) is 12.6 Å². The van der Waals surface area contributed by atoms with Crippen LogP contribution in [0.25, 0.3) is 0 Å². The largest absolute Gasteiger partial charge is 0.465 e. The minimum absolute atomic E-state index is 0.0108. The van der Waals surface area contributed by atoms with E-state index in [1.54, 1.807) is 24.0 Å². The Balaban J connectivity index is 1.21. The molecule has 0 saturated heterocycles. The number of amides is 1. The van der Waals surface area contributed by atoms with Gasteiger partial charge in [-0.15, -0.1) is 0 Å². The molecule has 2 aromatic heterocycles. The van der Waals surface area contributed by atoms with E-state index in [9.17, 15) is 18.0 Å². The molecular weight excluding hydrogens is 490 g/mol. The lowest BCUT2D eigenvalue weighted by Gasteiger charge is -2.35. The van der Waals surface area contributed by atoms with Crippen molar-refractivity contribution in [3.63, 3.8) is 0 Å². The van der Waals surface area contributed by atoms with Crippen molar-refractivity contribution < 1.29 is 27.1 Å². The fourth-order valence-corrected chi connectivity index (χ4v) is 5.06. The Kier molecular flexibility index (Phi) is 8.40. The van der Waals surface area contributed by atoms with Crippen molar-refractivity contribution >= 4 is 5.91 Å². The van der Waals surface area contributed by atoms with Gasteiger partial charge in [-0.2, -0.15) is 18.3 Å². The number of carbonyl (C=O) groups is 1. The molecule has 1 aliphatic heterocycles. The monoisotopic (exact) mass is 525 g/mol. The Bertz CT molecular complexity index is 1070. The Morgan fingerprint density at radius 1 is 1.24 bits per heavy atom. The Morgan fingerprint density at radius 2 is 1.97 bits per heavy atom. The molecular formula is C26H35F4N5O2. The third kappa shape index (κ3) is 7.66. The smallest absolute Gasteiger partial charge is 0.425 e. The zero-order valence-corrected chi connectivity index (χ0v) is 21.4. The molecule has 1 amide bonds. The molecule has 1 aliphatic carbocycles. The number of nitrogens with one attached hydrogen (secondary N) is 1. The number of alkyl halides is 4. The molecule has 1 fully saturated rings. The zero-order chi connectivity index (χ0) is 26.6. The molecule has 0 bridgehead atoms. The molecule has 0 radical (unpaired) electrons. The number of fused-ring (bicyclic) bond motifs is 1.